The molecule has 0 amide bonds. The van der Waals surface area contributed by atoms with Crippen LogP contribution in [0.15, 0.2) is 71.7 Å². The number of nitrogens with one attached hydrogen (secondary N) is 1. The average Bonchev–Trinajstić information content (AvgIpc) is 3.16. The molecule has 0 aliphatic carbocycles. The maximum Gasteiger partial charge on any atom is 0.266 e. The Hall–Kier alpha value is -3.25. The van der Waals surface area contributed by atoms with Crippen LogP contribution in [-0.2, 0) is 6.54 Å². The fourth-order valence-corrected chi connectivity index (χ4v) is 4.05. The number of benzene rings is 1. The van der Waals surface area contributed by atoms with Crippen LogP contribution in [0.2, 0.25) is 0 Å². The van der Waals surface area contributed by atoms with E-state index in [0.29, 0.717) is 12.6 Å². The molecule has 1 fully saturated rings. The Morgan fingerprint density at radius 1 is 0.966 bits per heavy atom. The first-order chi connectivity index (χ1) is 14.3. The van der Waals surface area contributed by atoms with Gasteiger partial charge in [-0.2, -0.15) is 10.2 Å². The van der Waals surface area contributed by atoms with Crippen molar-refractivity contribution in [1.29, 1.82) is 0 Å². The zero-order chi connectivity index (χ0) is 19.6. The highest BCUT2D eigenvalue weighted by Gasteiger charge is 2.19. The number of pyridine rings is 1. The second kappa shape index (κ2) is 7.64. The van der Waals surface area contributed by atoms with Crippen LogP contribution in [0.5, 0.6) is 0 Å². The Kier molecular flexibility index (Phi) is 4.69. The number of piperidine rings is 1. The number of aromatic nitrogens is 4. The number of nitrogens with zero attached hydrogens (tertiary/aromatic N) is 4. The van der Waals surface area contributed by atoms with E-state index in [1.807, 2.05) is 65.3 Å². The molecule has 1 aliphatic heterocycles. The fourth-order valence-electron chi connectivity index (χ4n) is 4.05. The number of hydrogen-bond acceptors (Lipinski definition) is 4. The van der Waals surface area contributed by atoms with Crippen molar-refractivity contribution in [2.75, 3.05) is 6.54 Å². The van der Waals surface area contributed by atoms with Gasteiger partial charge in [0.2, 0.25) is 0 Å². The molecule has 0 bridgehead atoms. The van der Waals surface area contributed by atoms with Crippen LogP contribution in [0.3, 0.4) is 0 Å². The third kappa shape index (κ3) is 3.47. The Morgan fingerprint density at radius 3 is 2.66 bits per heavy atom. The maximum atomic E-state index is 12.5. The molecule has 0 saturated carbocycles. The van der Waals surface area contributed by atoms with Crippen molar-refractivity contribution < 1.29 is 0 Å². The van der Waals surface area contributed by atoms with E-state index >= 15 is 0 Å². The third-order valence-corrected chi connectivity index (χ3v) is 5.52. The summed E-state index contributed by atoms with van der Waals surface area (Å²) in [7, 11) is 0. The highest BCUT2D eigenvalue weighted by Crippen LogP contribution is 2.33. The van der Waals surface area contributed by atoms with Crippen LogP contribution in [0.25, 0.3) is 28.0 Å². The van der Waals surface area contributed by atoms with Crippen molar-refractivity contribution in [3.8, 4) is 22.5 Å². The lowest BCUT2D eigenvalue weighted by atomic mass is 10.0. The fraction of sp³-hybridized carbons (Fsp3) is 0.261. The summed E-state index contributed by atoms with van der Waals surface area (Å²) in [4.78, 5) is 12.5. The van der Waals surface area contributed by atoms with Crippen LogP contribution in [-0.4, -0.2) is 32.0 Å². The van der Waals surface area contributed by atoms with E-state index in [4.69, 9.17) is 10.2 Å². The molecule has 1 unspecified atom stereocenters. The first-order valence-corrected chi connectivity index (χ1v) is 10.1. The van der Waals surface area contributed by atoms with Crippen LogP contribution >= 0.6 is 0 Å². The molecule has 0 spiro atoms. The van der Waals surface area contributed by atoms with E-state index in [9.17, 15) is 4.79 Å². The minimum Gasteiger partial charge on any atom is -0.312 e. The molecule has 1 aromatic carbocycles. The van der Waals surface area contributed by atoms with E-state index in [1.165, 1.54) is 12.8 Å². The van der Waals surface area contributed by atoms with Crippen molar-refractivity contribution in [3.05, 3.63) is 77.2 Å². The summed E-state index contributed by atoms with van der Waals surface area (Å²) in [6.45, 7) is 1.60. The summed E-state index contributed by atoms with van der Waals surface area (Å²) >= 11 is 0. The second-order valence-electron chi connectivity index (χ2n) is 7.51. The first kappa shape index (κ1) is 17.8. The van der Waals surface area contributed by atoms with E-state index in [1.54, 1.807) is 10.7 Å². The van der Waals surface area contributed by atoms with Gasteiger partial charge in [0.1, 0.15) is 5.69 Å². The van der Waals surface area contributed by atoms with Gasteiger partial charge in [-0.25, -0.2) is 9.20 Å². The van der Waals surface area contributed by atoms with Crippen LogP contribution in [0.1, 0.15) is 19.3 Å². The number of hydrogen-bond donors (Lipinski definition) is 1. The molecule has 6 heteroatoms. The normalized spacial score (nSPS) is 16.9. The zero-order valence-electron chi connectivity index (χ0n) is 16.2. The van der Waals surface area contributed by atoms with Gasteiger partial charge in [-0.3, -0.25) is 4.79 Å². The predicted octanol–water partition coefficient (Wildman–Crippen LogP) is 3.37. The lowest BCUT2D eigenvalue weighted by Crippen LogP contribution is -2.40. The maximum absolute atomic E-state index is 12.5. The largest absolute Gasteiger partial charge is 0.312 e. The molecule has 4 aromatic rings. The molecular formula is C23H23N5O. The molecule has 146 valence electrons. The summed E-state index contributed by atoms with van der Waals surface area (Å²) in [6.07, 6.45) is 5.40. The molecule has 6 nitrogen and oxygen atoms in total. The SMILES string of the molecule is O=c1ccc(-c2c(-c3ccccc3)nn3ccccc23)nn1CC1CCCCN1. The number of fused-ring (bicyclic) bond motifs is 1. The molecule has 1 N–H and O–H groups in total. The molecule has 1 aliphatic rings. The van der Waals surface area contributed by atoms with E-state index in [2.05, 4.69) is 5.32 Å². The summed E-state index contributed by atoms with van der Waals surface area (Å²) in [6, 6.07) is 19.8. The quantitative estimate of drug-likeness (QED) is 0.585. The van der Waals surface area contributed by atoms with Gasteiger partial charge in [0.25, 0.3) is 5.56 Å². The lowest BCUT2D eigenvalue weighted by Gasteiger charge is -2.23. The Bertz CT molecular complexity index is 1190. The molecule has 1 atom stereocenters. The van der Waals surface area contributed by atoms with Gasteiger partial charge in [0, 0.05) is 23.9 Å². The Balaban J connectivity index is 1.64. The minimum atomic E-state index is -0.0705. The summed E-state index contributed by atoms with van der Waals surface area (Å²) < 4.78 is 3.47. The van der Waals surface area contributed by atoms with Gasteiger partial charge in [0.15, 0.2) is 0 Å². The summed E-state index contributed by atoms with van der Waals surface area (Å²) in [5, 5.41) is 13.1. The molecule has 5 rings (SSSR count). The Morgan fingerprint density at radius 2 is 1.83 bits per heavy atom. The molecule has 4 heterocycles. The minimum absolute atomic E-state index is 0.0705. The number of rotatable bonds is 4. The second-order valence-corrected chi connectivity index (χ2v) is 7.51. The smallest absolute Gasteiger partial charge is 0.266 e. The summed E-state index contributed by atoms with van der Waals surface area (Å²) in [5.41, 5.74) is 4.51. The van der Waals surface area contributed by atoms with Crippen molar-refractivity contribution in [2.24, 2.45) is 0 Å². The van der Waals surface area contributed by atoms with Crippen molar-refractivity contribution in [1.82, 2.24) is 24.7 Å². The van der Waals surface area contributed by atoms with Crippen LogP contribution < -0.4 is 10.9 Å². The predicted molar refractivity (Wildman–Crippen MR) is 114 cm³/mol. The zero-order valence-corrected chi connectivity index (χ0v) is 16.2. The van der Waals surface area contributed by atoms with E-state index in [0.717, 1.165) is 41.0 Å². The van der Waals surface area contributed by atoms with Gasteiger partial charge in [0.05, 0.1) is 23.3 Å². The molecule has 1 saturated heterocycles. The van der Waals surface area contributed by atoms with Crippen molar-refractivity contribution >= 4 is 5.52 Å². The highest BCUT2D eigenvalue weighted by molar-refractivity contribution is 5.90. The lowest BCUT2D eigenvalue weighted by molar-refractivity contribution is 0.345. The summed E-state index contributed by atoms with van der Waals surface area (Å²) in [5.74, 6) is 0. The van der Waals surface area contributed by atoms with Crippen molar-refractivity contribution in [3.63, 3.8) is 0 Å². The van der Waals surface area contributed by atoms with Gasteiger partial charge in [-0.15, -0.1) is 0 Å². The van der Waals surface area contributed by atoms with Gasteiger partial charge >= 0.3 is 0 Å². The van der Waals surface area contributed by atoms with Crippen LogP contribution in [0, 0.1) is 0 Å². The molecule has 0 radical (unpaired) electrons. The standard InChI is InChI=1S/C23H23N5O/c29-21-13-12-19(25-28(21)16-18-10-4-6-14-24-18)22-20-11-5-7-15-27(20)26-23(22)17-8-2-1-3-9-17/h1-3,5,7-9,11-13,15,18,24H,4,6,10,14,16H2. The highest BCUT2D eigenvalue weighted by atomic mass is 16.1. The Labute approximate surface area is 168 Å². The molecule has 29 heavy (non-hydrogen) atoms. The van der Waals surface area contributed by atoms with E-state index < -0.39 is 0 Å². The van der Waals surface area contributed by atoms with Crippen LogP contribution in [0.4, 0.5) is 0 Å². The van der Waals surface area contributed by atoms with Crippen molar-refractivity contribution in [2.45, 2.75) is 31.8 Å². The third-order valence-electron chi connectivity index (χ3n) is 5.52. The molecule has 3 aromatic heterocycles. The first-order valence-electron chi connectivity index (χ1n) is 10.1. The van der Waals surface area contributed by atoms with Gasteiger partial charge < -0.3 is 5.32 Å². The van der Waals surface area contributed by atoms with Gasteiger partial charge in [-0.05, 0) is 37.6 Å². The van der Waals surface area contributed by atoms with E-state index in [-0.39, 0.29) is 5.56 Å². The molecular weight excluding hydrogens is 362 g/mol. The van der Waals surface area contributed by atoms with Gasteiger partial charge in [-0.1, -0.05) is 42.8 Å². The monoisotopic (exact) mass is 385 g/mol. The topological polar surface area (TPSA) is 64.2 Å². The average molecular weight is 385 g/mol.